The van der Waals surface area contributed by atoms with Crippen molar-refractivity contribution < 1.29 is 9.15 Å². The van der Waals surface area contributed by atoms with Gasteiger partial charge in [0.2, 0.25) is 11.8 Å². The molecule has 0 saturated carbocycles. The normalized spacial score (nSPS) is 11.2. The second-order valence-electron chi connectivity index (χ2n) is 6.57. The minimum Gasteiger partial charge on any atom is -0.437 e. The Morgan fingerprint density at radius 3 is 2.84 bits per heavy atom. The molecule has 0 saturated heterocycles. The van der Waals surface area contributed by atoms with Crippen LogP contribution in [0.5, 0.6) is 11.6 Å². The number of rotatable bonds is 4. The van der Waals surface area contributed by atoms with E-state index < -0.39 is 5.63 Å². The second-order valence-corrected chi connectivity index (χ2v) is 8.20. The van der Waals surface area contributed by atoms with Crippen LogP contribution in [0.1, 0.15) is 5.56 Å². The monoisotopic (exact) mass is 470 g/mol. The molecule has 10 heteroatoms. The van der Waals surface area contributed by atoms with Crippen molar-refractivity contribution in [2.24, 2.45) is 0 Å². The standard InChI is InChI=1S/C21H12Cl2N4O3S/c1-11-7-12(22)8-14-18(11)25-20(30-21(14)28)16-9-17(29-13-4-6-31-10-13)26-27(16)19-15(23)3-2-5-24-19/h2-10H,1H3. The Labute approximate surface area is 189 Å². The Kier molecular flexibility index (Phi) is 4.97. The van der Waals surface area contributed by atoms with E-state index in [1.807, 2.05) is 23.8 Å². The molecule has 31 heavy (non-hydrogen) atoms. The summed E-state index contributed by atoms with van der Waals surface area (Å²) in [7, 11) is 0. The number of pyridine rings is 1. The fourth-order valence-corrected chi connectivity index (χ4v) is 4.13. The molecular weight excluding hydrogens is 459 g/mol. The number of ether oxygens (including phenoxy) is 1. The molecule has 4 heterocycles. The molecule has 0 aliphatic heterocycles. The first-order chi connectivity index (χ1) is 15.0. The third-order valence-electron chi connectivity index (χ3n) is 4.45. The van der Waals surface area contributed by atoms with E-state index in [0.717, 1.165) is 5.56 Å². The van der Waals surface area contributed by atoms with Crippen LogP contribution in [0.2, 0.25) is 10.0 Å². The zero-order valence-corrected chi connectivity index (χ0v) is 18.2. The summed E-state index contributed by atoms with van der Waals surface area (Å²) in [5, 5.41) is 9.29. The Bertz CT molecular complexity index is 1480. The van der Waals surface area contributed by atoms with Gasteiger partial charge in [-0.05, 0) is 48.2 Å². The van der Waals surface area contributed by atoms with Gasteiger partial charge in [0.05, 0.1) is 15.9 Å². The quantitative estimate of drug-likeness (QED) is 0.324. The Morgan fingerprint density at radius 1 is 1.19 bits per heavy atom. The van der Waals surface area contributed by atoms with Gasteiger partial charge in [0.25, 0.3) is 0 Å². The van der Waals surface area contributed by atoms with Gasteiger partial charge >= 0.3 is 5.63 Å². The average Bonchev–Trinajstić information content (AvgIpc) is 3.39. The number of thiophene rings is 1. The maximum absolute atomic E-state index is 12.7. The van der Waals surface area contributed by atoms with Gasteiger partial charge in [-0.3, -0.25) is 0 Å². The molecule has 0 radical (unpaired) electrons. The first-order valence-corrected chi connectivity index (χ1v) is 10.7. The summed E-state index contributed by atoms with van der Waals surface area (Å²) in [6, 6.07) is 10.1. The number of aryl methyl sites for hydroxylation is 1. The Balaban J connectivity index is 1.73. The van der Waals surface area contributed by atoms with Gasteiger partial charge < -0.3 is 9.15 Å². The summed E-state index contributed by atoms with van der Waals surface area (Å²) < 4.78 is 12.8. The number of hydrogen-bond acceptors (Lipinski definition) is 7. The minimum atomic E-state index is -0.564. The zero-order chi connectivity index (χ0) is 21.5. The van der Waals surface area contributed by atoms with Crippen LogP contribution in [-0.4, -0.2) is 19.7 Å². The lowest BCUT2D eigenvalue weighted by Crippen LogP contribution is -2.08. The topological polar surface area (TPSA) is 83.0 Å². The first-order valence-electron chi connectivity index (χ1n) is 9.02. The molecule has 0 atom stereocenters. The molecule has 154 valence electrons. The second kappa shape index (κ2) is 7.81. The van der Waals surface area contributed by atoms with Gasteiger partial charge in [-0.15, -0.1) is 16.4 Å². The van der Waals surface area contributed by atoms with E-state index in [1.165, 1.54) is 22.1 Å². The molecule has 5 rings (SSSR count). The van der Waals surface area contributed by atoms with E-state index in [9.17, 15) is 4.79 Å². The van der Waals surface area contributed by atoms with Gasteiger partial charge in [0, 0.05) is 22.7 Å². The highest BCUT2D eigenvalue weighted by Gasteiger charge is 2.21. The van der Waals surface area contributed by atoms with E-state index >= 15 is 0 Å². The van der Waals surface area contributed by atoms with E-state index in [0.29, 0.717) is 38.2 Å². The van der Waals surface area contributed by atoms with Crippen molar-refractivity contribution in [3.8, 4) is 29.0 Å². The average molecular weight is 471 g/mol. The van der Waals surface area contributed by atoms with Crippen molar-refractivity contribution in [3.05, 3.63) is 79.4 Å². The van der Waals surface area contributed by atoms with E-state index in [-0.39, 0.29) is 11.8 Å². The van der Waals surface area contributed by atoms with Crippen molar-refractivity contribution in [1.29, 1.82) is 0 Å². The predicted molar refractivity (Wildman–Crippen MR) is 120 cm³/mol. The van der Waals surface area contributed by atoms with Crippen molar-refractivity contribution >= 4 is 45.4 Å². The largest absolute Gasteiger partial charge is 0.437 e. The van der Waals surface area contributed by atoms with Gasteiger partial charge in [0.1, 0.15) is 11.4 Å². The third kappa shape index (κ3) is 3.69. The molecule has 7 nitrogen and oxygen atoms in total. The van der Waals surface area contributed by atoms with Crippen molar-refractivity contribution in [2.45, 2.75) is 6.92 Å². The predicted octanol–water partition coefficient (Wildman–Crippen LogP) is 5.90. The number of benzene rings is 1. The highest BCUT2D eigenvalue weighted by atomic mass is 35.5. The van der Waals surface area contributed by atoms with E-state index in [4.69, 9.17) is 32.4 Å². The molecule has 1 aromatic carbocycles. The Morgan fingerprint density at radius 2 is 2.06 bits per heavy atom. The molecule has 0 aliphatic rings. The molecule has 4 aromatic heterocycles. The number of nitrogens with zero attached hydrogens (tertiary/aromatic N) is 4. The van der Waals surface area contributed by atoms with E-state index in [2.05, 4.69) is 15.1 Å². The molecular formula is C21H12Cl2N4O3S. The lowest BCUT2D eigenvalue weighted by atomic mass is 10.1. The maximum atomic E-state index is 12.7. The summed E-state index contributed by atoms with van der Waals surface area (Å²) in [6.07, 6.45) is 1.59. The van der Waals surface area contributed by atoms with Crippen LogP contribution in [0, 0.1) is 6.92 Å². The van der Waals surface area contributed by atoms with E-state index in [1.54, 1.807) is 30.5 Å². The van der Waals surface area contributed by atoms with Crippen molar-refractivity contribution in [2.75, 3.05) is 0 Å². The third-order valence-corrected chi connectivity index (χ3v) is 5.63. The molecule has 0 bridgehead atoms. The molecule has 5 aromatic rings. The summed E-state index contributed by atoms with van der Waals surface area (Å²) in [5.41, 5.74) is 1.02. The molecule has 0 fully saturated rings. The highest BCUT2D eigenvalue weighted by molar-refractivity contribution is 7.08. The highest BCUT2D eigenvalue weighted by Crippen LogP contribution is 2.31. The number of hydrogen-bond donors (Lipinski definition) is 0. The summed E-state index contributed by atoms with van der Waals surface area (Å²) in [5.74, 6) is 1.30. The lowest BCUT2D eigenvalue weighted by Gasteiger charge is -2.08. The van der Waals surface area contributed by atoms with Crippen LogP contribution in [0.15, 0.2) is 62.6 Å². The summed E-state index contributed by atoms with van der Waals surface area (Å²) in [6.45, 7) is 1.82. The number of fused-ring (bicyclic) bond motifs is 1. The SMILES string of the molecule is Cc1cc(Cl)cc2c(=O)oc(-c3cc(Oc4ccsc4)nn3-c3ncccc3Cl)nc12. The van der Waals surface area contributed by atoms with Crippen molar-refractivity contribution in [3.63, 3.8) is 0 Å². The molecule has 0 amide bonds. The van der Waals surface area contributed by atoms with Crippen LogP contribution >= 0.6 is 34.5 Å². The van der Waals surface area contributed by atoms with Crippen LogP contribution in [0.3, 0.4) is 0 Å². The molecule has 0 N–H and O–H groups in total. The summed E-state index contributed by atoms with van der Waals surface area (Å²) in [4.78, 5) is 21.6. The first kappa shape index (κ1) is 19.7. The van der Waals surface area contributed by atoms with Crippen LogP contribution in [0.25, 0.3) is 28.3 Å². The fraction of sp³-hybridized carbons (Fsp3) is 0.0476. The van der Waals surface area contributed by atoms with Gasteiger partial charge in [-0.2, -0.15) is 0 Å². The van der Waals surface area contributed by atoms with Gasteiger partial charge in [0.15, 0.2) is 5.82 Å². The van der Waals surface area contributed by atoms with Gasteiger partial charge in [-0.25, -0.2) is 19.4 Å². The molecule has 0 spiro atoms. The fourth-order valence-electron chi connectivity index (χ4n) is 3.10. The number of halogens is 2. The van der Waals surface area contributed by atoms with Crippen LogP contribution < -0.4 is 10.4 Å². The van der Waals surface area contributed by atoms with Crippen molar-refractivity contribution in [1.82, 2.24) is 19.7 Å². The zero-order valence-electron chi connectivity index (χ0n) is 15.9. The lowest BCUT2D eigenvalue weighted by molar-refractivity contribution is 0.459. The Hall–Kier alpha value is -3.20. The van der Waals surface area contributed by atoms with Crippen LogP contribution in [-0.2, 0) is 0 Å². The van der Waals surface area contributed by atoms with Crippen LogP contribution in [0.4, 0.5) is 0 Å². The molecule has 0 aliphatic carbocycles. The van der Waals surface area contributed by atoms with Gasteiger partial charge in [-0.1, -0.05) is 23.2 Å². The maximum Gasteiger partial charge on any atom is 0.347 e. The smallest absolute Gasteiger partial charge is 0.347 e. The minimum absolute atomic E-state index is 0.0531. The summed E-state index contributed by atoms with van der Waals surface area (Å²) >= 11 is 13.9. The number of aromatic nitrogens is 4. The molecule has 0 unspecified atom stereocenters.